The van der Waals surface area contributed by atoms with Crippen molar-refractivity contribution in [1.82, 2.24) is 5.06 Å². The Labute approximate surface area is 179 Å². The lowest BCUT2D eigenvalue weighted by atomic mass is 9.42. The third-order valence-corrected chi connectivity index (χ3v) is 10.8. The fraction of sp³-hybridized carbons (Fsp3) is 0.800. The van der Waals surface area contributed by atoms with Crippen LogP contribution in [0.1, 0.15) is 59.3 Å². The van der Waals surface area contributed by atoms with Crippen molar-refractivity contribution in [3.63, 3.8) is 0 Å². The van der Waals surface area contributed by atoms with E-state index in [1.54, 1.807) is 13.0 Å². The SMILES string of the molecule is C=C1CC23CCC4C5(C)CCCC46C(C2C1C(OC(=O)C(C)=CC)C(O)C36)N([O-])C5. The van der Waals surface area contributed by atoms with Crippen LogP contribution in [0.4, 0.5) is 0 Å². The molecule has 5 saturated carbocycles. The standard InChI is InChI=1S/C25H34NO4/c1-5-13(2)22(28)30-19-16-14(3)11-24-10-7-15-23(4)8-6-9-25(15,20(24)18(19)27)21(17(16)24)26(29)12-23/h5,15-21,27H,3,6-12H2,1-2,4H3/q-1. The van der Waals surface area contributed by atoms with Crippen LogP contribution in [0.3, 0.4) is 0 Å². The predicted molar refractivity (Wildman–Crippen MR) is 113 cm³/mol. The quantitative estimate of drug-likeness (QED) is 0.424. The molecule has 5 aliphatic carbocycles. The van der Waals surface area contributed by atoms with E-state index < -0.39 is 12.2 Å². The van der Waals surface area contributed by atoms with Gasteiger partial charge in [0.05, 0.1) is 6.10 Å². The van der Waals surface area contributed by atoms with Gasteiger partial charge in [-0.2, -0.15) is 0 Å². The molecule has 1 saturated heterocycles. The molecule has 5 heteroatoms. The van der Waals surface area contributed by atoms with Gasteiger partial charge in [0.25, 0.3) is 0 Å². The molecule has 0 amide bonds. The Kier molecular flexibility index (Phi) is 3.76. The fourth-order valence-corrected chi connectivity index (χ4v) is 10.2. The number of carbonyl (C=O) groups excluding carboxylic acids is 1. The van der Waals surface area contributed by atoms with Crippen LogP contribution in [0.5, 0.6) is 0 Å². The highest BCUT2D eigenvalue weighted by Gasteiger charge is 2.83. The van der Waals surface area contributed by atoms with Crippen LogP contribution in [-0.2, 0) is 9.53 Å². The minimum atomic E-state index is -0.708. The van der Waals surface area contributed by atoms with Crippen LogP contribution >= 0.6 is 0 Å². The summed E-state index contributed by atoms with van der Waals surface area (Å²) in [6, 6.07) is -0.0613. The Morgan fingerprint density at radius 1 is 1.37 bits per heavy atom. The van der Waals surface area contributed by atoms with Crippen molar-refractivity contribution in [3.05, 3.63) is 29.0 Å². The van der Waals surface area contributed by atoms with Gasteiger partial charge in [-0.25, -0.2) is 4.79 Å². The van der Waals surface area contributed by atoms with E-state index in [4.69, 9.17) is 4.74 Å². The maximum absolute atomic E-state index is 13.7. The van der Waals surface area contributed by atoms with Crippen molar-refractivity contribution >= 4 is 5.97 Å². The summed E-state index contributed by atoms with van der Waals surface area (Å²) in [7, 11) is 0. The van der Waals surface area contributed by atoms with E-state index in [1.807, 2.05) is 6.92 Å². The lowest BCUT2D eigenvalue weighted by Crippen LogP contribution is -2.66. The van der Waals surface area contributed by atoms with Crippen molar-refractivity contribution in [2.24, 2.45) is 39.9 Å². The van der Waals surface area contributed by atoms with E-state index in [0.717, 1.165) is 37.7 Å². The molecule has 2 spiro atoms. The Balaban J connectivity index is 1.52. The zero-order valence-corrected chi connectivity index (χ0v) is 18.4. The van der Waals surface area contributed by atoms with Gasteiger partial charge in [0.1, 0.15) is 6.10 Å². The Morgan fingerprint density at radius 2 is 2.13 bits per heavy atom. The first-order chi connectivity index (χ1) is 14.2. The van der Waals surface area contributed by atoms with E-state index in [1.165, 1.54) is 11.5 Å². The van der Waals surface area contributed by atoms with Gasteiger partial charge in [-0.15, -0.1) is 0 Å². The fourth-order valence-electron chi connectivity index (χ4n) is 10.2. The van der Waals surface area contributed by atoms with Crippen molar-refractivity contribution in [2.45, 2.75) is 77.5 Å². The molecule has 0 aromatic rings. The molecule has 6 aliphatic rings. The molecule has 1 aliphatic heterocycles. The minimum absolute atomic E-state index is 0.0356. The number of ether oxygens (including phenoxy) is 1. The van der Waals surface area contributed by atoms with Gasteiger partial charge in [-0.3, -0.25) is 0 Å². The van der Waals surface area contributed by atoms with E-state index >= 15 is 0 Å². The van der Waals surface area contributed by atoms with Gasteiger partial charge in [-0.1, -0.05) is 31.6 Å². The smallest absolute Gasteiger partial charge is 0.333 e. The molecule has 10 atom stereocenters. The molecule has 6 rings (SSSR count). The van der Waals surface area contributed by atoms with Crippen LogP contribution in [0, 0.1) is 45.1 Å². The van der Waals surface area contributed by atoms with Crippen LogP contribution in [0.2, 0.25) is 0 Å². The number of hydrogen-bond acceptors (Lipinski definition) is 5. The van der Waals surface area contributed by atoms with Crippen LogP contribution in [-0.4, -0.2) is 40.9 Å². The molecule has 6 fully saturated rings. The Morgan fingerprint density at radius 3 is 2.87 bits per heavy atom. The Hall–Kier alpha value is -1.17. The number of aliphatic hydroxyl groups is 1. The summed E-state index contributed by atoms with van der Waals surface area (Å²) in [5.74, 6) is 0.234. The number of esters is 1. The average molecular weight is 413 g/mol. The van der Waals surface area contributed by atoms with E-state index in [9.17, 15) is 15.1 Å². The number of carbonyl (C=O) groups is 1. The summed E-state index contributed by atoms with van der Waals surface area (Å²) < 4.78 is 6.00. The first kappa shape index (κ1) is 19.5. The maximum atomic E-state index is 13.7. The number of nitrogens with zero attached hydrogens (tertiary/aromatic N) is 1. The molecule has 0 aromatic heterocycles. The van der Waals surface area contributed by atoms with Gasteiger partial charge >= 0.3 is 5.97 Å². The van der Waals surface area contributed by atoms with Crippen LogP contribution < -0.4 is 0 Å². The summed E-state index contributed by atoms with van der Waals surface area (Å²) in [6.45, 7) is 10.9. The highest BCUT2D eigenvalue weighted by atomic mass is 16.6. The van der Waals surface area contributed by atoms with Crippen molar-refractivity contribution < 1.29 is 14.6 Å². The lowest BCUT2D eigenvalue weighted by Gasteiger charge is -2.68. The predicted octanol–water partition coefficient (Wildman–Crippen LogP) is 3.82. The highest BCUT2D eigenvalue weighted by Crippen LogP contribution is 2.83. The number of aliphatic hydroxyl groups excluding tert-OH is 1. The first-order valence-electron chi connectivity index (χ1n) is 11.8. The second kappa shape index (κ2) is 5.79. The molecule has 1 N–H and O–H groups in total. The highest BCUT2D eigenvalue weighted by molar-refractivity contribution is 5.87. The molecule has 30 heavy (non-hydrogen) atoms. The number of rotatable bonds is 2. The van der Waals surface area contributed by atoms with Gasteiger partial charge < -0.3 is 20.1 Å². The molecule has 10 unspecified atom stereocenters. The molecular formula is C25H34NO4-. The number of hydrogen-bond donors (Lipinski definition) is 1. The molecule has 0 aromatic carbocycles. The summed E-state index contributed by atoms with van der Waals surface area (Å²) in [5, 5.41) is 26.9. The van der Waals surface area contributed by atoms with Gasteiger partial charge in [0.2, 0.25) is 0 Å². The normalized spacial score (nSPS) is 56.2. The van der Waals surface area contributed by atoms with E-state index in [0.29, 0.717) is 18.0 Å². The third kappa shape index (κ3) is 1.91. The molecule has 164 valence electrons. The average Bonchev–Trinajstić information content (AvgIpc) is 2.94. The number of hydroxylamine groups is 2. The summed E-state index contributed by atoms with van der Waals surface area (Å²) in [4.78, 5) is 12.7. The van der Waals surface area contributed by atoms with Crippen LogP contribution in [0.15, 0.2) is 23.8 Å². The number of allylic oxidation sites excluding steroid dienone is 1. The van der Waals surface area contributed by atoms with Crippen molar-refractivity contribution in [2.75, 3.05) is 6.54 Å². The molecule has 6 bridgehead atoms. The van der Waals surface area contributed by atoms with Crippen molar-refractivity contribution in [3.8, 4) is 0 Å². The van der Waals surface area contributed by atoms with Crippen LogP contribution in [0.25, 0.3) is 0 Å². The topological polar surface area (TPSA) is 72.8 Å². The molecular weight excluding hydrogens is 378 g/mol. The minimum Gasteiger partial charge on any atom is -0.785 e. The van der Waals surface area contributed by atoms with Gasteiger partial charge in [0, 0.05) is 23.5 Å². The zero-order chi connectivity index (χ0) is 21.2. The summed E-state index contributed by atoms with van der Waals surface area (Å²) >= 11 is 0. The molecule has 0 radical (unpaired) electrons. The summed E-state index contributed by atoms with van der Waals surface area (Å²) in [6.07, 6.45) is 6.88. The summed E-state index contributed by atoms with van der Waals surface area (Å²) in [5.41, 5.74) is 1.52. The maximum Gasteiger partial charge on any atom is 0.333 e. The lowest BCUT2D eigenvalue weighted by molar-refractivity contribution is -0.209. The molecule has 1 heterocycles. The number of piperidine rings is 1. The second-order valence-corrected chi connectivity index (χ2v) is 11.7. The van der Waals surface area contributed by atoms with E-state index in [2.05, 4.69) is 13.5 Å². The second-order valence-electron chi connectivity index (χ2n) is 11.7. The van der Waals surface area contributed by atoms with Gasteiger partial charge in [-0.05, 0) is 80.6 Å². The third-order valence-electron chi connectivity index (χ3n) is 10.8. The van der Waals surface area contributed by atoms with E-state index in [-0.39, 0.29) is 46.0 Å². The zero-order valence-electron chi connectivity index (χ0n) is 18.4. The van der Waals surface area contributed by atoms with Crippen molar-refractivity contribution in [1.29, 1.82) is 0 Å². The Bertz CT molecular complexity index is 867. The monoisotopic (exact) mass is 412 g/mol. The largest absolute Gasteiger partial charge is 0.785 e. The van der Waals surface area contributed by atoms with Gasteiger partial charge in [0.15, 0.2) is 0 Å². The first-order valence-corrected chi connectivity index (χ1v) is 11.8. The molecule has 5 nitrogen and oxygen atoms in total.